The van der Waals surface area contributed by atoms with Crippen molar-refractivity contribution in [3.63, 3.8) is 0 Å². The van der Waals surface area contributed by atoms with Crippen LogP contribution in [-0.2, 0) is 20.7 Å². The molecule has 1 aliphatic heterocycles. The Labute approximate surface area is 169 Å². The molecule has 2 aromatic carbocycles. The third-order valence-electron chi connectivity index (χ3n) is 4.95. The number of amides is 1. The van der Waals surface area contributed by atoms with Crippen molar-refractivity contribution in [2.45, 2.75) is 26.2 Å². The molecule has 148 valence electrons. The van der Waals surface area contributed by atoms with Crippen molar-refractivity contribution in [2.24, 2.45) is 5.92 Å². The predicted octanol–water partition coefficient (Wildman–Crippen LogP) is 3.99. The van der Waals surface area contributed by atoms with Gasteiger partial charge in [0.2, 0.25) is 5.91 Å². The Morgan fingerprint density at radius 1 is 1.17 bits per heavy atom. The molecule has 0 aliphatic carbocycles. The summed E-state index contributed by atoms with van der Waals surface area (Å²) in [4.78, 5) is 23.8. The summed E-state index contributed by atoms with van der Waals surface area (Å²) in [5, 5.41) is 7.46. The van der Waals surface area contributed by atoms with E-state index in [1.165, 1.54) is 5.56 Å². The SMILES string of the molecule is CCCc1cccc(-c2cc(NC(=O)[C@H]3COC(=O)C3)nn2-c2ccccc2)c1. The highest BCUT2D eigenvalue weighted by Crippen LogP contribution is 2.28. The lowest BCUT2D eigenvalue weighted by Crippen LogP contribution is -2.23. The molecule has 3 aromatic rings. The van der Waals surface area contributed by atoms with Crippen molar-refractivity contribution in [3.8, 4) is 16.9 Å². The summed E-state index contributed by atoms with van der Waals surface area (Å²) in [6.45, 7) is 2.28. The number of ether oxygens (including phenoxy) is 1. The third kappa shape index (κ3) is 4.21. The molecule has 1 N–H and O–H groups in total. The lowest BCUT2D eigenvalue weighted by molar-refractivity contribution is -0.137. The number of hydrogen-bond donors (Lipinski definition) is 1. The summed E-state index contributed by atoms with van der Waals surface area (Å²) in [7, 11) is 0. The number of carbonyl (C=O) groups is 2. The zero-order valence-electron chi connectivity index (χ0n) is 16.3. The van der Waals surface area contributed by atoms with Gasteiger partial charge in [-0.2, -0.15) is 0 Å². The minimum atomic E-state index is -0.472. The number of aromatic nitrogens is 2. The molecule has 0 radical (unpaired) electrons. The normalized spacial score (nSPS) is 15.9. The number of hydrogen-bond acceptors (Lipinski definition) is 4. The standard InChI is InChI=1S/C23H23N3O3/c1-2-7-16-8-6-9-17(12-16)20-14-21(24-23(28)18-13-22(27)29-15-18)25-26(20)19-10-4-3-5-11-19/h3-6,8-12,14,18H,2,7,13,15H2,1H3,(H,24,25,28)/t18-/m1/s1. The van der Waals surface area contributed by atoms with Gasteiger partial charge in [0.05, 0.1) is 23.7 Å². The number of nitrogens with one attached hydrogen (secondary N) is 1. The van der Waals surface area contributed by atoms with Crippen LogP contribution >= 0.6 is 0 Å². The Morgan fingerprint density at radius 2 is 2.00 bits per heavy atom. The van der Waals surface area contributed by atoms with Gasteiger partial charge in [0.1, 0.15) is 6.61 Å². The van der Waals surface area contributed by atoms with E-state index in [9.17, 15) is 9.59 Å². The highest BCUT2D eigenvalue weighted by molar-refractivity contribution is 5.95. The van der Waals surface area contributed by atoms with Gasteiger partial charge in [0.25, 0.3) is 0 Å². The van der Waals surface area contributed by atoms with Gasteiger partial charge in [-0.1, -0.05) is 49.7 Å². The molecule has 2 heterocycles. The lowest BCUT2D eigenvalue weighted by Gasteiger charge is -2.08. The number of rotatable bonds is 6. The molecule has 1 atom stereocenters. The summed E-state index contributed by atoms with van der Waals surface area (Å²) >= 11 is 0. The summed E-state index contributed by atoms with van der Waals surface area (Å²) in [5.74, 6) is -0.608. The topological polar surface area (TPSA) is 73.2 Å². The molecule has 0 unspecified atom stereocenters. The van der Waals surface area contributed by atoms with E-state index < -0.39 is 5.92 Å². The fourth-order valence-electron chi connectivity index (χ4n) is 3.50. The largest absolute Gasteiger partial charge is 0.465 e. The number of benzene rings is 2. The first-order valence-electron chi connectivity index (χ1n) is 9.85. The van der Waals surface area contributed by atoms with E-state index in [-0.39, 0.29) is 24.9 Å². The van der Waals surface area contributed by atoms with Gasteiger partial charge in [0.15, 0.2) is 5.82 Å². The van der Waals surface area contributed by atoms with Crippen molar-refractivity contribution in [3.05, 3.63) is 66.2 Å². The van der Waals surface area contributed by atoms with Crippen LogP contribution in [0.15, 0.2) is 60.7 Å². The number of anilines is 1. The average molecular weight is 389 g/mol. The van der Waals surface area contributed by atoms with Gasteiger partial charge < -0.3 is 10.1 Å². The number of cyclic esters (lactones) is 1. The van der Waals surface area contributed by atoms with Crippen molar-refractivity contribution < 1.29 is 14.3 Å². The van der Waals surface area contributed by atoms with Crippen molar-refractivity contribution >= 4 is 17.7 Å². The molecule has 6 nitrogen and oxygen atoms in total. The number of nitrogens with zero attached hydrogens (tertiary/aromatic N) is 2. The molecular weight excluding hydrogens is 366 g/mol. The van der Waals surface area contributed by atoms with E-state index in [4.69, 9.17) is 4.74 Å². The second-order valence-electron chi connectivity index (χ2n) is 7.19. The first-order valence-corrected chi connectivity index (χ1v) is 9.85. The van der Waals surface area contributed by atoms with Gasteiger partial charge in [0, 0.05) is 11.6 Å². The minimum Gasteiger partial charge on any atom is -0.465 e. The molecule has 1 amide bonds. The van der Waals surface area contributed by atoms with Gasteiger partial charge >= 0.3 is 5.97 Å². The van der Waals surface area contributed by atoms with Crippen molar-refractivity contribution in [2.75, 3.05) is 11.9 Å². The summed E-state index contributed by atoms with van der Waals surface area (Å²) in [6.07, 6.45) is 2.19. The van der Waals surface area contributed by atoms with E-state index in [1.807, 2.05) is 53.2 Å². The summed E-state index contributed by atoms with van der Waals surface area (Å²) < 4.78 is 6.73. The van der Waals surface area contributed by atoms with Crippen LogP contribution in [0.1, 0.15) is 25.3 Å². The monoisotopic (exact) mass is 389 g/mol. The molecule has 4 rings (SSSR count). The van der Waals surface area contributed by atoms with Crippen molar-refractivity contribution in [1.29, 1.82) is 0 Å². The number of carbonyl (C=O) groups excluding carboxylic acids is 2. The Morgan fingerprint density at radius 3 is 2.72 bits per heavy atom. The number of esters is 1. The van der Waals surface area contributed by atoms with Crippen LogP contribution in [0.3, 0.4) is 0 Å². The summed E-state index contributed by atoms with van der Waals surface area (Å²) in [5.41, 5.74) is 4.09. The molecule has 0 spiro atoms. The predicted molar refractivity (Wildman–Crippen MR) is 111 cm³/mol. The molecule has 1 fully saturated rings. The molecule has 1 aromatic heterocycles. The molecule has 0 bridgehead atoms. The smallest absolute Gasteiger partial charge is 0.306 e. The second-order valence-corrected chi connectivity index (χ2v) is 7.19. The fourth-order valence-corrected chi connectivity index (χ4v) is 3.50. The van der Waals surface area contributed by atoms with Gasteiger partial charge in [-0.25, -0.2) is 4.68 Å². The average Bonchev–Trinajstić information content (AvgIpc) is 3.36. The number of para-hydroxylation sites is 1. The Bertz CT molecular complexity index is 1030. The molecule has 0 saturated carbocycles. The Balaban J connectivity index is 1.69. The van der Waals surface area contributed by atoms with Crippen LogP contribution in [0.5, 0.6) is 0 Å². The fraction of sp³-hybridized carbons (Fsp3) is 0.261. The van der Waals surface area contributed by atoms with Gasteiger partial charge in [-0.3, -0.25) is 9.59 Å². The van der Waals surface area contributed by atoms with Crippen LogP contribution in [-0.4, -0.2) is 28.3 Å². The van der Waals surface area contributed by atoms with E-state index in [1.54, 1.807) is 0 Å². The number of aryl methyl sites for hydroxylation is 1. The third-order valence-corrected chi connectivity index (χ3v) is 4.95. The summed E-state index contributed by atoms with van der Waals surface area (Å²) in [6, 6.07) is 20.0. The molecular formula is C23H23N3O3. The lowest BCUT2D eigenvalue weighted by atomic mass is 10.0. The quantitative estimate of drug-likeness (QED) is 0.647. The van der Waals surface area contributed by atoms with Crippen LogP contribution in [0.2, 0.25) is 0 Å². The maximum atomic E-state index is 12.5. The van der Waals surface area contributed by atoms with E-state index in [0.717, 1.165) is 29.8 Å². The Kier molecular flexibility index (Phi) is 5.42. The highest BCUT2D eigenvalue weighted by Gasteiger charge is 2.30. The highest BCUT2D eigenvalue weighted by atomic mass is 16.5. The first kappa shape index (κ1) is 18.9. The zero-order chi connectivity index (χ0) is 20.2. The first-order chi connectivity index (χ1) is 14.1. The maximum absolute atomic E-state index is 12.5. The molecule has 1 saturated heterocycles. The molecule has 1 aliphatic rings. The van der Waals surface area contributed by atoms with Crippen LogP contribution < -0.4 is 5.32 Å². The minimum absolute atomic E-state index is 0.108. The maximum Gasteiger partial charge on any atom is 0.306 e. The van der Waals surface area contributed by atoms with Crippen LogP contribution in [0, 0.1) is 5.92 Å². The van der Waals surface area contributed by atoms with Crippen LogP contribution in [0.4, 0.5) is 5.82 Å². The Hall–Kier alpha value is -3.41. The molecule has 6 heteroatoms. The van der Waals surface area contributed by atoms with Crippen LogP contribution in [0.25, 0.3) is 16.9 Å². The van der Waals surface area contributed by atoms with E-state index >= 15 is 0 Å². The van der Waals surface area contributed by atoms with Gasteiger partial charge in [-0.15, -0.1) is 5.10 Å². The van der Waals surface area contributed by atoms with E-state index in [2.05, 4.69) is 29.5 Å². The van der Waals surface area contributed by atoms with Gasteiger partial charge in [-0.05, 0) is 30.2 Å². The molecule has 29 heavy (non-hydrogen) atoms. The van der Waals surface area contributed by atoms with E-state index in [0.29, 0.717) is 5.82 Å². The van der Waals surface area contributed by atoms with Crippen molar-refractivity contribution in [1.82, 2.24) is 9.78 Å². The second kappa shape index (κ2) is 8.31. The zero-order valence-corrected chi connectivity index (χ0v) is 16.3.